The topological polar surface area (TPSA) is 26.2 Å². The molecule has 0 fully saturated rings. The zero-order chi connectivity index (χ0) is 20.9. The number of furan rings is 1. The van der Waals surface area contributed by atoms with Gasteiger partial charge in [-0.2, -0.15) is 0 Å². The van der Waals surface area contributed by atoms with Crippen LogP contribution >= 0.6 is 0 Å². The van der Waals surface area contributed by atoms with Crippen LogP contribution in [0.3, 0.4) is 0 Å². The van der Waals surface area contributed by atoms with Gasteiger partial charge in [0.25, 0.3) is 0 Å². The Morgan fingerprint density at radius 2 is 1.55 bits per heavy atom. The van der Waals surface area contributed by atoms with E-state index >= 15 is 0 Å². The van der Waals surface area contributed by atoms with E-state index in [4.69, 9.17) is 9.15 Å². The molecule has 0 bridgehead atoms. The van der Waals surface area contributed by atoms with Crippen LogP contribution in [0, 0.1) is 13.8 Å². The molecule has 0 radical (unpaired) electrons. The Labute approximate surface area is 179 Å². The Kier molecular flexibility index (Phi) is 3.07. The number of benzene rings is 4. The number of fused-ring (bicyclic) bond motifs is 7. The quantitative estimate of drug-likeness (QED) is 0.253. The molecule has 6 aromatic rings. The van der Waals surface area contributed by atoms with Crippen molar-refractivity contribution in [2.24, 2.45) is 7.05 Å². The van der Waals surface area contributed by atoms with E-state index in [-0.39, 0.29) is 0 Å². The fourth-order valence-electron chi connectivity index (χ4n) is 5.39. The highest BCUT2D eigenvalue weighted by Gasteiger charge is 2.33. The van der Waals surface area contributed by atoms with Crippen LogP contribution in [0.1, 0.15) is 11.1 Å². The van der Waals surface area contributed by atoms with E-state index in [1.54, 1.807) is 0 Å². The molecule has 31 heavy (non-hydrogen) atoms. The Morgan fingerprint density at radius 1 is 0.774 bits per heavy atom. The van der Waals surface area contributed by atoms with Gasteiger partial charge in [0.2, 0.25) is 5.69 Å². The van der Waals surface area contributed by atoms with E-state index < -0.39 is 0 Å². The number of ether oxygens (including phenoxy) is 1. The number of hydrogen-bond donors (Lipinski definition) is 0. The zero-order valence-electron chi connectivity index (χ0n) is 17.6. The lowest BCUT2D eigenvalue weighted by Crippen LogP contribution is -2.32. The smallest absolute Gasteiger partial charge is 0.228 e. The summed E-state index contributed by atoms with van der Waals surface area (Å²) < 4.78 is 15.3. The van der Waals surface area contributed by atoms with E-state index in [0.29, 0.717) is 0 Å². The SMILES string of the molecule is Cc1c2c(cc3ccccc13)Oc1c(C)c3c4ccccc4oc3c3cc[n+](C)c-2c13. The first-order valence-corrected chi connectivity index (χ1v) is 10.6. The number of nitrogens with zero attached hydrogens (tertiary/aromatic N) is 1. The molecule has 148 valence electrons. The number of pyridine rings is 1. The first kappa shape index (κ1) is 16.9. The summed E-state index contributed by atoms with van der Waals surface area (Å²) in [6.45, 7) is 4.34. The van der Waals surface area contributed by atoms with Crippen LogP contribution < -0.4 is 9.30 Å². The van der Waals surface area contributed by atoms with Gasteiger partial charge in [0, 0.05) is 27.8 Å². The first-order valence-electron chi connectivity index (χ1n) is 10.6. The molecule has 1 aliphatic heterocycles. The van der Waals surface area contributed by atoms with E-state index in [1.165, 1.54) is 22.0 Å². The van der Waals surface area contributed by atoms with Crippen molar-refractivity contribution in [1.82, 2.24) is 0 Å². The summed E-state index contributed by atoms with van der Waals surface area (Å²) in [6.07, 6.45) is 2.13. The summed E-state index contributed by atoms with van der Waals surface area (Å²) in [7, 11) is 2.11. The van der Waals surface area contributed by atoms with Gasteiger partial charge in [0.05, 0.1) is 5.56 Å². The first-order chi connectivity index (χ1) is 15.1. The number of para-hydroxylation sites is 1. The van der Waals surface area contributed by atoms with Gasteiger partial charge in [-0.1, -0.05) is 42.5 Å². The summed E-state index contributed by atoms with van der Waals surface area (Å²) in [5, 5.41) is 6.94. The molecular weight excluding hydrogens is 382 g/mol. The summed E-state index contributed by atoms with van der Waals surface area (Å²) in [6, 6.07) is 21.1. The van der Waals surface area contributed by atoms with E-state index in [2.05, 4.69) is 80.2 Å². The molecule has 4 aromatic carbocycles. The van der Waals surface area contributed by atoms with Crippen LogP contribution in [-0.2, 0) is 7.05 Å². The minimum atomic E-state index is 0.910. The maximum absolute atomic E-state index is 6.70. The number of rotatable bonds is 0. The monoisotopic (exact) mass is 402 g/mol. The third-order valence-corrected chi connectivity index (χ3v) is 6.83. The standard InChI is InChI=1S/C28H20NO2/c1-15-18-9-5-4-8-17(18)14-22-24(15)26-25-20(12-13-29(26)3)28-23(16(2)27(25)31-22)19-10-6-7-11-21(19)30-28/h4-14H,1-3H3/q+1. The lowest BCUT2D eigenvalue weighted by atomic mass is 9.90. The highest BCUT2D eigenvalue weighted by Crippen LogP contribution is 2.52. The Morgan fingerprint density at radius 3 is 2.42 bits per heavy atom. The van der Waals surface area contributed by atoms with Gasteiger partial charge in [-0.25, -0.2) is 4.57 Å². The van der Waals surface area contributed by atoms with Crippen molar-refractivity contribution in [2.45, 2.75) is 13.8 Å². The van der Waals surface area contributed by atoms with Crippen LogP contribution in [-0.4, -0.2) is 0 Å². The average Bonchev–Trinajstić information content (AvgIpc) is 3.18. The highest BCUT2D eigenvalue weighted by atomic mass is 16.5. The summed E-state index contributed by atoms with van der Waals surface area (Å²) in [5.41, 5.74) is 6.55. The van der Waals surface area contributed by atoms with Crippen LogP contribution in [0.25, 0.3) is 54.7 Å². The van der Waals surface area contributed by atoms with Gasteiger partial charge < -0.3 is 9.15 Å². The molecule has 0 N–H and O–H groups in total. The molecule has 3 heteroatoms. The molecule has 3 nitrogen and oxygen atoms in total. The fourth-order valence-corrected chi connectivity index (χ4v) is 5.39. The second kappa shape index (κ2) is 5.64. The van der Waals surface area contributed by atoms with Gasteiger partial charge in [-0.05, 0) is 42.3 Å². The van der Waals surface area contributed by atoms with Crippen molar-refractivity contribution in [3.05, 3.63) is 78.0 Å². The minimum absolute atomic E-state index is 0.910. The van der Waals surface area contributed by atoms with Crippen molar-refractivity contribution in [3.63, 3.8) is 0 Å². The molecule has 7 rings (SSSR count). The van der Waals surface area contributed by atoms with Gasteiger partial charge in [-0.15, -0.1) is 0 Å². The van der Waals surface area contributed by atoms with E-state index in [9.17, 15) is 0 Å². The lowest BCUT2D eigenvalue weighted by Gasteiger charge is -2.23. The summed E-state index contributed by atoms with van der Waals surface area (Å²) in [4.78, 5) is 0. The van der Waals surface area contributed by atoms with E-state index in [1.807, 2.05) is 12.1 Å². The van der Waals surface area contributed by atoms with Crippen molar-refractivity contribution < 1.29 is 13.7 Å². The molecule has 2 aromatic heterocycles. The van der Waals surface area contributed by atoms with E-state index in [0.717, 1.165) is 55.3 Å². The second-order valence-corrected chi connectivity index (χ2v) is 8.52. The molecule has 3 heterocycles. The third-order valence-electron chi connectivity index (χ3n) is 6.83. The fraction of sp³-hybridized carbons (Fsp3) is 0.107. The Bertz CT molecular complexity index is 1740. The van der Waals surface area contributed by atoms with Gasteiger partial charge in [-0.3, -0.25) is 0 Å². The number of aromatic nitrogens is 1. The molecule has 0 unspecified atom stereocenters. The largest absolute Gasteiger partial charge is 0.455 e. The Hall–Kier alpha value is -3.85. The molecule has 0 aliphatic carbocycles. The highest BCUT2D eigenvalue weighted by molar-refractivity contribution is 6.21. The Balaban J connectivity index is 1.74. The maximum Gasteiger partial charge on any atom is 0.228 e. The van der Waals surface area contributed by atoms with Crippen molar-refractivity contribution >= 4 is 43.5 Å². The predicted molar refractivity (Wildman–Crippen MR) is 125 cm³/mol. The molecule has 0 atom stereocenters. The van der Waals surface area contributed by atoms with Crippen molar-refractivity contribution in [1.29, 1.82) is 0 Å². The van der Waals surface area contributed by atoms with Crippen LogP contribution in [0.2, 0.25) is 0 Å². The lowest BCUT2D eigenvalue weighted by molar-refractivity contribution is -0.659. The van der Waals surface area contributed by atoms with Crippen LogP contribution in [0.15, 0.2) is 71.3 Å². The molecule has 0 saturated heterocycles. The third kappa shape index (κ3) is 2.01. The number of aryl methyl sites for hydroxylation is 3. The zero-order valence-corrected chi connectivity index (χ0v) is 17.6. The molecule has 1 aliphatic rings. The maximum atomic E-state index is 6.70. The average molecular weight is 402 g/mol. The molecule has 0 amide bonds. The summed E-state index contributed by atoms with van der Waals surface area (Å²) in [5.74, 6) is 1.85. The molecule has 0 spiro atoms. The summed E-state index contributed by atoms with van der Waals surface area (Å²) >= 11 is 0. The number of hydrogen-bond acceptors (Lipinski definition) is 2. The normalized spacial score (nSPS) is 12.6. The second-order valence-electron chi connectivity index (χ2n) is 8.52. The van der Waals surface area contributed by atoms with Gasteiger partial charge in [0.1, 0.15) is 35.1 Å². The molecular formula is C28H20NO2+. The van der Waals surface area contributed by atoms with Gasteiger partial charge >= 0.3 is 0 Å². The van der Waals surface area contributed by atoms with Crippen molar-refractivity contribution in [2.75, 3.05) is 0 Å². The molecule has 0 saturated carbocycles. The van der Waals surface area contributed by atoms with Crippen molar-refractivity contribution in [3.8, 4) is 22.8 Å². The van der Waals surface area contributed by atoms with Crippen LogP contribution in [0.5, 0.6) is 11.5 Å². The minimum Gasteiger partial charge on any atom is -0.455 e. The van der Waals surface area contributed by atoms with Gasteiger partial charge in [0.15, 0.2) is 6.20 Å². The van der Waals surface area contributed by atoms with Crippen LogP contribution in [0.4, 0.5) is 0 Å². The predicted octanol–water partition coefficient (Wildman–Crippen LogP) is 7.11.